The summed E-state index contributed by atoms with van der Waals surface area (Å²) in [7, 11) is -6.92. The van der Waals surface area contributed by atoms with Crippen molar-refractivity contribution in [3.8, 4) is 17.2 Å². The van der Waals surface area contributed by atoms with Gasteiger partial charge in [0.15, 0.2) is 48.2 Å². The van der Waals surface area contributed by atoms with Crippen molar-refractivity contribution in [1.82, 2.24) is 34.5 Å². The van der Waals surface area contributed by atoms with E-state index >= 15 is 0 Å². The zero-order chi connectivity index (χ0) is 42.5. The van der Waals surface area contributed by atoms with Gasteiger partial charge in [-0.05, 0) is 60.0 Å². The van der Waals surface area contributed by atoms with Crippen molar-refractivity contribution in [2.75, 3.05) is 11.9 Å². The standard InChI is InChI=1S/C43H66N8O4Si3/c1-41(2,3)56(10,11)52-28-33-35(54-57(12,13)42(4,5)6)36(55-58(14,15)43(7,8)9)39(53-33)50-29-45-34-37(44-26-30-22-18-16-19-23-30)46-40(47-38(34)50)51-27-32(48-49-51)31-24-20-17-21-25-31/h16-25,27,29,33,35-36,39H,26,28H2,1-15H3,(H,44,46,47)/t33-,35-,36-,39-/m1/s1. The van der Waals surface area contributed by atoms with Crippen LogP contribution in [0.15, 0.2) is 73.2 Å². The lowest BCUT2D eigenvalue weighted by atomic mass is 10.1. The number of nitrogens with one attached hydrogen (secondary N) is 1. The van der Waals surface area contributed by atoms with Crippen molar-refractivity contribution in [2.24, 2.45) is 0 Å². The minimum atomic E-state index is -2.41. The van der Waals surface area contributed by atoms with Gasteiger partial charge in [0.05, 0.1) is 19.1 Å². The van der Waals surface area contributed by atoms with Crippen LogP contribution < -0.4 is 5.32 Å². The summed E-state index contributed by atoms with van der Waals surface area (Å²) in [6, 6.07) is 20.2. The molecule has 4 heterocycles. The Hall–Kier alpha value is -3.58. The van der Waals surface area contributed by atoms with Crippen molar-refractivity contribution in [3.63, 3.8) is 0 Å². The van der Waals surface area contributed by atoms with Crippen LogP contribution in [0.3, 0.4) is 0 Å². The normalized spacial score (nSPS) is 19.9. The Bertz CT molecular complexity index is 2160. The average Bonchev–Trinajstić information content (AvgIpc) is 3.87. The molecule has 0 aliphatic carbocycles. The van der Waals surface area contributed by atoms with Crippen LogP contribution in [0.2, 0.25) is 54.4 Å². The highest BCUT2D eigenvalue weighted by atomic mass is 28.4. The Labute approximate surface area is 348 Å². The van der Waals surface area contributed by atoms with Crippen molar-refractivity contribution >= 4 is 41.9 Å². The number of rotatable bonds is 13. The number of anilines is 1. The zero-order valence-corrected chi connectivity index (χ0v) is 40.4. The molecule has 4 atom stereocenters. The number of imidazole rings is 1. The molecule has 314 valence electrons. The number of fused-ring (bicyclic) bond motifs is 1. The first-order valence-electron chi connectivity index (χ1n) is 20.5. The zero-order valence-electron chi connectivity index (χ0n) is 37.4. The van der Waals surface area contributed by atoms with E-state index in [0.717, 1.165) is 11.1 Å². The molecule has 0 radical (unpaired) electrons. The van der Waals surface area contributed by atoms with Gasteiger partial charge in [0.2, 0.25) is 0 Å². The van der Waals surface area contributed by atoms with Crippen molar-refractivity contribution in [1.29, 1.82) is 0 Å². The number of ether oxygens (including phenoxy) is 1. The summed E-state index contributed by atoms with van der Waals surface area (Å²) in [6.45, 7) is 35.1. The van der Waals surface area contributed by atoms with E-state index in [0.29, 0.717) is 41.8 Å². The van der Waals surface area contributed by atoms with E-state index < -0.39 is 49.5 Å². The van der Waals surface area contributed by atoms with Gasteiger partial charge < -0.3 is 23.3 Å². The lowest BCUT2D eigenvalue weighted by molar-refractivity contribution is -0.0470. The second kappa shape index (κ2) is 16.1. The van der Waals surface area contributed by atoms with Crippen molar-refractivity contribution in [3.05, 3.63) is 78.8 Å². The lowest BCUT2D eigenvalue weighted by Crippen LogP contribution is -2.54. The van der Waals surface area contributed by atoms with Crippen molar-refractivity contribution < 1.29 is 18.0 Å². The molecular formula is C43H66N8O4Si3. The Balaban J connectivity index is 1.50. The molecule has 0 saturated carbocycles. The summed E-state index contributed by atoms with van der Waals surface area (Å²) in [4.78, 5) is 15.1. The quantitative estimate of drug-likeness (QED) is 0.115. The third-order valence-corrected chi connectivity index (χ3v) is 26.4. The van der Waals surface area contributed by atoms with Gasteiger partial charge in [0.1, 0.15) is 24.0 Å². The molecule has 0 amide bonds. The first-order chi connectivity index (χ1) is 26.9. The summed E-state index contributed by atoms with van der Waals surface area (Å²) in [6.07, 6.45) is 1.76. The highest BCUT2D eigenvalue weighted by Gasteiger charge is 2.55. The molecular weight excluding hydrogens is 777 g/mol. The van der Waals surface area contributed by atoms with Crippen LogP contribution in [0.1, 0.15) is 74.1 Å². The number of hydrogen-bond acceptors (Lipinski definition) is 10. The fraction of sp³-hybridized carbons (Fsp3) is 0.558. The first-order valence-corrected chi connectivity index (χ1v) is 29.3. The van der Waals surface area contributed by atoms with Gasteiger partial charge in [-0.25, -0.2) is 4.98 Å². The number of nitrogens with zero attached hydrogens (tertiary/aromatic N) is 7. The van der Waals surface area contributed by atoms with E-state index in [-0.39, 0.29) is 15.1 Å². The van der Waals surface area contributed by atoms with E-state index in [4.69, 9.17) is 33.0 Å². The van der Waals surface area contributed by atoms with Crippen LogP contribution >= 0.6 is 0 Å². The Kier molecular flexibility index (Phi) is 12.2. The van der Waals surface area contributed by atoms with Gasteiger partial charge in [-0.2, -0.15) is 14.6 Å². The Morgan fingerprint density at radius 2 is 1.29 bits per heavy atom. The SMILES string of the molecule is CC(C)(C)[Si](C)(C)OC[C@H]1O[C@@H](n2cnc3c(NCc4ccccc4)nc(-n4cc(-c5ccccc5)nn4)nc32)[C@H](O[Si](C)(C)C(C)(C)C)[C@@H]1O[Si](C)(C)C(C)(C)C. The molecule has 0 unspecified atom stereocenters. The highest BCUT2D eigenvalue weighted by Crippen LogP contribution is 2.47. The van der Waals surface area contributed by atoms with E-state index in [2.05, 4.69) is 129 Å². The smallest absolute Gasteiger partial charge is 0.256 e. The maximum absolute atomic E-state index is 7.48. The maximum atomic E-state index is 7.48. The van der Waals surface area contributed by atoms with Crippen LogP contribution in [0, 0.1) is 0 Å². The Morgan fingerprint density at radius 3 is 1.88 bits per heavy atom. The van der Waals surface area contributed by atoms with Gasteiger partial charge in [-0.15, -0.1) is 5.10 Å². The van der Waals surface area contributed by atoms with Gasteiger partial charge in [-0.1, -0.05) is 128 Å². The molecule has 2 aromatic carbocycles. The third kappa shape index (κ3) is 9.25. The summed E-state index contributed by atoms with van der Waals surface area (Å²) in [5.41, 5.74) is 3.98. The lowest BCUT2D eigenvalue weighted by Gasteiger charge is -2.44. The van der Waals surface area contributed by atoms with E-state index in [9.17, 15) is 0 Å². The molecule has 6 rings (SSSR count). The topological polar surface area (TPSA) is 123 Å². The number of aromatic nitrogens is 7. The fourth-order valence-corrected chi connectivity index (χ4v) is 9.69. The monoisotopic (exact) mass is 842 g/mol. The molecule has 0 bridgehead atoms. The second-order valence-electron chi connectivity index (χ2n) is 20.3. The fourth-order valence-electron chi connectivity index (χ4n) is 6.08. The van der Waals surface area contributed by atoms with Crippen molar-refractivity contribution in [2.45, 2.75) is 148 Å². The summed E-state index contributed by atoms with van der Waals surface area (Å²) in [5, 5.41) is 12.4. The molecule has 5 aromatic rings. The second-order valence-corrected chi connectivity index (χ2v) is 34.6. The molecule has 3 aromatic heterocycles. The molecule has 1 fully saturated rings. The van der Waals surface area contributed by atoms with Gasteiger partial charge in [-0.3, -0.25) is 4.57 Å². The molecule has 1 aliphatic heterocycles. The van der Waals surface area contributed by atoms with E-state index in [1.807, 2.05) is 59.3 Å². The molecule has 58 heavy (non-hydrogen) atoms. The van der Waals surface area contributed by atoms with E-state index in [1.165, 1.54) is 0 Å². The van der Waals surface area contributed by atoms with Gasteiger partial charge in [0, 0.05) is 12.1 Å². The minimum absolute atomic E-state index is 0.0244. The van der Waals surface area contributed by atoms with E-state index in [1.54, 1.807) is 11.0 Å². The predicted molar refractivity (Wildman–Crippen MR) is 241 cm³/mol. The molecule has 1 aliphatic rings. The van der Waals surface area contributed by atoms with Crippen LogP contribution in [-0.4, -0.2) is 84.4 Å². The number of hydrogen-bond donors (Lipinski definition) is 1. The molecule has 15 heteroatoms. The predicted octanol–water partition coefficient (Wildman–Crippen LogP) is 10.4. The van der Waals surface area contributed by atoms with Crippen LogP contribution in [0.4, 0.5) is 5.82 Å². The molecule has 12 nitrogen and oxygen atoms in total. The highest BCUT2D eigenvalue weighted by molar-refractivity contribution is 6.75. The minimum Gasteiger partial charge on any atom is -0.414 e. The largest absolute Gasteiger partial charge is 0.414 e. The van der Waals surface area contributed by atoms with Crippen LogP contribution in [-0.2, 0) is 24.6 Å². The number of benzene rings is 2. The summed E-state index contributed by atoms with van der Waals surface area (Å²) < 4.78 is 32.7. The third-order valence-electron chi connectivity index (χ3n) is 12.9. The van der Waals surface area contributed by atoms with Gasteiger partial charge >= 0.3 is 0 Å². The summed E-state index contributed by atoms with van der Waals surface area (Å²) in [5.74, 6) is 0.928. The average molecular weight is 843 g/mol. The first kappa shape index (κ1) is 44.0. The van der Waals surface area contributed by atoms with Crippen LogP contribution in [0.25, 0.3) is 28.4 Å². The molecule has 1 N–H and O–H groups in total. The van der Waals surface area contributed by atoms with Gasteiger partial charge in [0.25, 0.3) is 5.95 Å². The molecule has 1 saturated heterocycles. The summed E-state index contributed by atoms with van der Waals surface area (Å²) >= 11 is 0. The molecule has 0 spiro atoms. The maximum Gasteiger partial charge on any atom is 0.256 e. The Morgan fingerprint density at radius 1 is 0.724 bits per heavy atom. The van der Waals surface area contributed by atoms with Crippen LogP contribution in [0.5, 0.6) is 0 Å².